The molecular formula is C28H33N7O2. The Hall–Kier alpha value is -3.85. The van der Waals surface area contributed by atoms with Crippen molar-refractivity contribution in [3.05, 3.63) is 58.8 Å². The number of ether oxygens (including phenoxy) is 1. The molecule has 37 heavy (non-hydrogen) atoms. The third kappa shape index (κ3) is 4.03. The fourth-order valence-electron chi connectivity index (χ4n) is 5.61. The van der Waals surface area contributed by atoms with Crippen LogP contribution in [0.4, 0.5) is 17.1 Å². The third-order valence-corrected chi connectivity index (χ3v) is 7.80. The summed E-state index contributed by atoms with van der Waals surface area (Å²) in [6, 6.07) is 8.57. The van der Waals surface area contributed by atoms with E-state index in [1.807, 2.05) is 38.5 Å². The van der Waals surface area contributed by atoms with Crippen LogP contribution in [0.5, 0.6) is 5.75 Å². The Balaban J connectivity index is 1.43. The summed E-state index contributed by atoms with van der Waals surface area (Å²) in [6.07, 6.45) is 8.20. The molecule has 1 N–H and O–H groups in total. The van der Waals surface area contributed by atoms with Gasteiger partial charge in [-0.25, -0.2) is 0 Å². The van der Waals surface area contributed by atoms with Crippen LogP contribution in [0.2, 0.25) is 0 Å². The Morgan fingerprint density at radius 1 is 1.00 bits per heavy atom. The predicted octanol–water partition coefficient (Wildman–Crippen LogP) is 3.63. The van der Waals surface area contributed by atoms with Crippen LogP contribution in [-0.2, 0) is 7.05 Å². The molecule has 9 nitrogen and oxygen atoms in total. The van der Waals surface area contributed by atoms with Gasteiger partial charge in [-0.1, -0.05) is 0 Å². The van der Waals surface area contributed by atoms with Gasteiger partial charge in [0.25, 0.3) is 5.56 Å². The van der Waals surface area contributed by atoms with Gasteiger partial charge in [-0.15, -0.1) is 0 Å². The topological polar surface area (TPSA) is 80.5 Å². The zero-order valence-corrected chi connectivity index (χ0v) is 21.9. The molecule has 1 saturated heterocycles. The zero-order valence-electron chi connectivity index (χ0n) is 21.9. The van der Waals surface area contributed by atoms with Crippen molar-refractivity contribution in [2.24, 2.45) is 7.05 Å². The smallest absolute Gasteiger partial charge is 0.253 e. The first-order chi connectivity index (χ1) is 17.9. The average Bonchev–Trinajstić information content (AvgIpc) is 3.43. The van der Waals surface area contributed by atoms with Crippen LogP contribution in [0.1, 0.15) is 24.4 Å². The maximum Gasteiger partial charge on any atom is 0.253 e. The van der Waals surface area contributed by atoms with E-state index in [1.54, 1.807) is 11.7 Å². The molecule has 0 atom stereocenters. The van der Waals surface area contributed by atoms with Crippen LogP contribution < -0.4 is 25.4 Å². The molecule has 1 fully saturated rings. The third-order valence-electron chi connectivity index (χ3n) is 7.80. The van der Waals surface area contributed by atoms with Gasteiger partial charge in [0, 0.05) is 62.0 Å². The number of benzene rings is 1. The number of nitrogens with zero attached hydrogens (tertiary/aromatic N) is 6. The normalized spacial score (nSPS) is 16.3. The number of anilines is 3. The van der Waals surface area contributed by atoms with E-state index in [1.165, 1.54) is 0 Å². The van der Waals surface area contributed by atoms with E-state index in [9.17, 15) is 4.79 Å². The minimum Gasteiger partial charge on any atom is -0.497 e. The fourth-order valence-corrected chi connectivity index (χ4v) is 5.61. The molecule has 9 heteroatoms. The molecule has 3 aromatic heterocycles. The van der Waals surface area contributed by atoms with Gasteiger partial charge in [0.05, 0.1) is 53.8 Å². The van der Waals surface area contributed by atoms with Crippen molar-refractivity contribution in [1.82, 2.24) is 24.6 Å². The van der Waals surface area contributed by atoms with Crippen LogP contribution in [0.25, 0.3) is 22.2 Å². The molecule has 0 radical (unpaired) electrons. The number of nitrogens with one attached hydrogen (secondary N) is 1. The number of hydrogen-bond acceptors (Lipinski definition) is 7. The monoisotopic (exact) mass is 499 g/mol. The van der Waals surface area contributed by atoms with Gasteiger partial charge in [-0.2, -0.15) is 5.10 Å². The number of piperidine rings is 1. The summed E-state index contributed by atoms with van der Waals surface area (Å²) in [5.41, 5.74) is 6.67. The van der Waals surface area contributed by atoms with Crippen molar-refractivity contribution in [2.45, 2.75) is 25.8 Å². The Bertz CT molecular complexity index is 1530. The number of hydrogen-bond donors (Lipinski definition) is 1. The second kappa shape index (κ2) is 9.23. The number of fused-ring (bicyclic) bond motifs is 2. The summed E-state index contributed by atoms with van der Waals surface area (Å²) in [4.78, 5) is 22.1. The summed E-state index contributed by atoms with van der Waals surface area (Å²) in [7, 11) is 5.60. The van der Waals surface area contributed by atoms with Gasteiger partial charge >= 0.3 is 0 Å². The van der Waals surface area contributed by atoms with E-state index in [-0.39, 0.29) is 5.56 Å². The maximum atomic E-state index is 12.7. The number of pyridine rings is 2. The number of methoxy groups -OCH3 is 1. The van der Waals surface area contributed by atoms with Crippen LogP contribution in [0.3, 0.4) is 0 Å². The highest BCUT2D eigenvalue weighted by Gasteiger charge is 2.26. The summed E-state index contributed by atoms with van der Waals surface area (Å²) >= 11 is 0. The van der Waals surface area contributed by atoms with Crippen LogP contribution in [-0.4, -0.2) is 59.7 Å². The van der Waals surface area contributed by atoms with E-state index in [2.05, 4.69) is 50.3 Å². The SMILES string of the molecule is COc1cc(N2CCN(C)c3cc(-c4cnn(C5CCNCC5)c4)ncc32)c2cc(C)c(=O)n(C)c2c1. The van der Waals surface area contributed by atoms with Crippen molar-refractivity contribution in [2.75, 3.05) is 50.1 Å². The highest BCUT2D eigenvalue weighted by molar-refractivity contribution is 5.98. The summed E-state index contributed by atoms with van der Waals surface area (Å²) < 4.78 is 9.44. The van der Waals surface area contributed by atoms with Gasteiger partial charge in [-0.05, 0) is 45.0 Å². The Morgan fingerprint density at radius 2 is 1.81 bits per heavy atom. The van der Waals surface area contributed by atoms with Crippen LogP contribution >= 0.6 is 0 Å². The fraction of sp³-hybridized carbons (Fsp3) is 0.393. The maximum absolute atomic E-state index is 12.7. The quantitative estimate of drug-likeness (QED) is 0.459. The zero-order chi connectivity index (χ0) is 25.7. The molecule has 2 aliphatic rings. The molecule has 0 spiro atoms. The molecule has 0 unspecified atom stereocenters. The van der Waals surface area contributed by atoms with Gasteiger partial charge in [0.1, 0.15) is 5.75 Å². The van der Waals surface area contributed by atoms with E-state index in [0.29, 0.717) is 6.04 Å². The van der Waals surface area contributed by atoms with E-state index < -0.39 is 0 Å². The molecule has 0 aliphatic carbocycles. The lowest BCUT2D eigenvalue weighted by atomic mass is 10.1. The molecule has 0 amide bonds. The molecule has 192 valence electrons. The minimum atomic E-state index is 0.00169. The van der Waals surface area contributed by atoms with Gasteiger partial charge in [0.15, 0.2) is 0 Å². The Morgan fingerprint density at radius 3 is 2.59 bits per heavy atom. The number of rotatable bonds is 4. The van der Waals surface area contributed by atoms with Gasteiger partial charge in [-0.3, -0.25) is 14.5 Å². The van der Waals surface area contributed by atoms with Crippen molar-refractivity contribution in [3.63, 3.8) is 0 Å². The van der Waals surface area contributed by atoms with E-state index >= 15 is 0 Å². The van der Waals surface area contributed by atoms with E-state index in [4.69, 9.17) is 9.72 Å². The standard InChI is InChI=1S/C28H33N7O2/c1-18-11-22-24(33(3)28(18)36)12-21(37-4)13-25(22)34-10-9-32(2)26-14-23(30-16-27(26)34)19-15-31-35(17-19)20-5-7-29-8-6-20/h11-17,20,29H,5-10H2,1-4H3. The number of likely N-dealkylation sites (N-methyl/N-ethyl adjacent to an activating group) is 1. The largest absolute Gasteiger partial charge is 0.497 e. The summed E-state index contributed by atoms with van der Waals surface area (Å²) in [5.74, 6) is 0.719. The van der Waals surface area contributed by atoms with Crippen LogP contribution in [0.15, 0.2) is 47.7 Å². The first-order valence-corrected chi connectivity index (χ1v) is 12.9. The van der Waals surface area contributed by atoms with E-state index in [0.717, 1.165) is 89.6 Å². The first-order valence-electron chi connectivity index (χ1n) is 12.9. The predicted molar refractivity (Wildman–Crippen MR) is 147 cm³/mol. The molecule has 0 bridgehead atoms. The lowest BCUT2D eigenvalue weighted by Crippen LogP contribution is -2.37. The van der Waals surface area contributed by atoms with Gasteiger partial charge in [0.2, 0.25) is 0 Å². The molecule has 2 aliphatic heterocycles. The first kappa shape index (κ1) is 23.5. The van der Waals surface area contributed by atoms with Crippen molar-refractivity contribution >= 4 is 28.0 Å². The highest BCUT2D eigenvalue weighted by atomic mass is 16.5. The second-order valence-corrected chi connectivity index (χ2v) is 10.1. The van der Waals surface area contributed by atoms with Crippen LogP contribution in [0, 0.1) is 6.92 Å². The molecule has 6 rings (SSSR count). The Kier molecular flexibility index (Phi) is 5.87. The van der Waals surface area contributed by atoms with Crippen molar-refractivity contribution in [1.29, 1.82) is 0 Å². The molecule has 5 heterocycles. The van der Waals surface area contributed by atoms with Crippen molar-refractivity contribution < 1.29 is 4.74 Å². The lowest BCUT2D eigenvalue weighted by Gasteiger charge is -2.37. The molecule has 4 aromatic rings. The minimum absolute atomic E-state index is 0.00169. The van der Waals surface area contributed by atoms with Gasteiger partial charge < -0.3 is 24.4 Å². The van der Waals surface area contributed by atoms with Crippen molar-refractivity contribution in [3.8, 4) is 17.0 Å². The second-order valence-electron chi connectivity index (χ2n) is 10.1. The number of aromatic nitrogens is 4. The highest BCUT2D eigenvalue weighted by Crippen LogP contribution is 2.42. The summed E-state index contributed by atoms with van der Waals surface area (Å²) in [5, 5.41) is 9.11. The number of aryl methyl sites for hydroxylation is 2. The lowest BCUT2D eigenvalue weighted by molar-refractivity contribution is 0.343. The molecular weight excluding hydrogens is 466 g/mol. The molecule has 1 aromatic carbocycles. The molecule has 0 saturated carbocycles. The Labute approximate surface area is 216 Å². The summed E-state index contributed by atoms with van der Waals surface area (Å²) in [6.45, 7) is 5.58. The average molecular weight is 500 g/mol.